The summed E-state index contributed by atoms with van der Waals surface area (Å²) < 4.78 is 5.07. The molecule has 0 spiro atoms. The minimum absolute atomic E-state index is 0.433. The van der Waals surface area contributed by atoms with Gasteiger partial charge >= 0.3 is 5.97 Å². The first-order valence-corrected chi connectivity index (χ1v) is 6.36. The summed E-state index contributed by atoms with van der Waals surface area (Å²) in [6.45, 7) is 0. The van der Waals surface area contributed by atoms with E-state index in [1.807, 2.05) is 30.3 Å². The van der Waals surface area contributed by atoms with E-state index in [1.165, 1.54) is 0 Å². The Balaban J connectivity index is 2.07. The minimum Gasteiger partial charge on any atom is -0.497 e. The Kier molecular flexibility index (Phi) is 4.60. The van der Waals surface area contributed by atoms with Gasteiger partial charge in [-0.25, -0.2) is 4.79 Å². The van der Waals surface area contributed by atoms with E-state index in [0.717, 1.165) is 17.0 Å². The average molecular weight is 271 g/mol. The lowest BCUT2D eigenvalue weighted by molar-refractivity contribution is -0.137. The van der Waals surface area contributed by atoms with E-state index in [9.17, 15) is 9.90 Å². The van der Waals surface area contributed by atoms with E-state index in [2.05, 4.69) is 5.32 Å². The zero-order valence-corrected chi connectivity index (χ0v) is 11.2. The molecule has 0 aliphatic heterocycles. The van der Waals surface area contributed by atoms with Crippen LogP contribution < -0.4 is 10.1 Å². The molecule has 0 amide bonds. The highest BCUT2D eigenvalue weighted by atomic mass is 16.5. The number of methoxy groups -OCH3 is 1. The van der Waals surface area contributed by atoms with Crippen LogP contribution in [-0.4, -0.2) is 24.2 Å². The number of carboxylic acids is 1. The molecule has 0 saturated heterocycles. The highest BCUT2D eigenvalue weighted by Gasteiger charge is 2.17. The summed E-state index contributed by atoms with van der Waals surface area (Å²) in [5.41, 5.74) is 1.75. The zero-order chi connectivity index (χ0) is 14.4. The Labute approximate surface area is 118 Å². The van der Waals surface area contributed by atoms with E-state index in [4.69, 9.17) is 4.74 Å². The van der Waals surface area contributed by atoms with Crippen LogP contribution in [0.25, 0.3) is 0 Å². The molecule has 1 atom stereocenters. The molecule has 104 valence electrons. The number of aliphatic carboxylic acids is 1. The molecule has 2 rings (SSSR count). The third-order valence-electron chi connectivity index (χ3n) is 3.01. The predicted octanol–water partition coefficient (Wildman–Crippen LogP) is 2.80. The average Bonchev–Trinajstić information content (AvgIpc) is 2.48. The van der Waals surface area contributed by atoms with Crippen molar-refractivity contribution in [3.8, 4) is 5.75 Å². The van der Waals surface area contributed by atoms with E-state index < -0.39 is 12.0 Å². The van der Waals surface area contributed by atoms with E-state index >= 15 is 0 Å². The first kappa shape index (κ1) is 13.9. The number of anilines is 1. The van der Waals surface area contributed by atoms with Crippen LogP contribution in [0.15, 0.2) is 54.6 Å². The van der Waals surface area contributed by atoms with Crippen molar-refractivity contribution in [3.05, 3.63) is 60.2 Å². The Bertz CT molecular complexity index is 552. The van der Waals surface area contributed by atoms with Crippen LogP contribution in [0.5, 0.6) is 5.75 Å². The first-order chi connectivity index (χ1) is 9.69. The molecule has 0 aliphatic carbocycles. The van der Waals surface area contributed by atoms with E-state index in [-0.39, 0.29) is 0 Å². The molecule has 20 heavy (non-hydrogen) atoms. The number of carboxylic acid groups (broad SMARTS) is 1. The molecule has 0 bridgehead atoms. The van der Waals surface area contributed by atoms with Gasteiger partial charge in [0, 0.05) is 12.1 Å². The van der Waals surface area contributed by atoms with Crippen LogP contribution >= 0.6 is 0 Å². The van der Waals surface area contributed by atoms with Gasteiger partial charge in [-0.2, -0.15) is 0 Å². The standard InChI is InChI=1S/C16H17NO3/c1-20-14-9-7-13(8-10-14)17-15(16(18)19)11-12-5-3-2-4-6-12/h2-10,15,17H,11H2,1H3,(H,18,19). The fourth-order valence-electron chi connectivity index (χ4n) is 1.94. The largest absolute Gasteiger partial charge is 0.497 e. The molecule has 0 fully saturated rings. The van der Waals surface area contributed by atoms with Gasteiger partial charge in [0.05, 0.1) is 7.11 Å². The minimum atomic E-state index is -0.871. The molecule has 2 aromatic carbocycles. The number of nitrogens with one attached hydrogen (secondary N) is 1. The number of benzene rings is 2. The summed E-state index contributed by atoms with van der Waals surface area (Å²) in [6.07, 6.45) is 0.433. The topological polar surface area (TPSA) is 58.6 Å². The van der Waals surface area contributed by atoms with Gasteiger partial charge in [0.15, 0.2) is 0 Å². The SMILES string of the molecule is COc1ccc(NC(Cc2ccccc2)C(=O)O)cc1. The molecule has 4 heteroatoms. The van der Waals surface area contributed by atoms with Gasteiger partial charge < -0.3 is 15.2 Å². The van der Waals surface area contributed by atoms with Crippen molar-refractivity contribution in [2.45, 2.75) is 12.5 Å². The second-order valence-corrected chi connectivity index (χ2v) is 4.45. The van der Waals surface area contributed by atoms with Crippen molar-refractivity contribution in [1.82, 2.24) is 0 Å². The number of hydrogen-bond acceptors (Lipinski definition) is 3. The Hall–Kier alpha value is -2.49. The third-order valence-corrected chi connectivity index (χ3v) is 3.01. The van der Waals surface area contributed by atoms with Crippen molar-refractivity contribution < 1.29 is 14.6 Å². The van der Waals surface area contributed by atoms with Crippen molar-refractivity contribution in [2.24, 2.45) is 0 Å². The van der Waals surface area contributed by atoms with Crippen LogP contribution in [0.1, 0.15) is 5.56 Å². The molecule has 0 saturated carbocycles. The smallest absolute Gasteiger partial charge is 0.326 e. The maximum Gasteiger partial charge on any atom is 0.326 e. The van der Waals surface area contributed by atoms with Gasteiger partial charge in [-0.3, -0.25) is 0 Å². The van der Waals surface area contributed by atoms with Crippen LogP contribution in [-0.2, 0) is 11.2 Å². The normalized spacial score (nSPS) is 11.7. The van der Waals surface area contributed by atoms with Crippen molar-refractivity contribution in [1.29, 1.82) is 0 Å². The molecular formula is C16H17NO3. The second kappa shape index (κ2) is 6.61. The van der Waals surface area contributed by atoms with Crippen LogP contribution in [0.3, 0.4) is 0 Å². The Morgan fingerprint density at radius 1 is 1.15 bits per heavy atom. The number of ether oxygens (including phenoxy) is 1. The lowest BCUT2D eigenvalue weighted by atomic mass is 10.1. The van der Waals surface area contributed by atoms with Gasteiger partial charge in [0.1, 0.15) is 11.8 Å². The maximum atomic E-state index is 11.3. The molecule has 0 aromatic heterocycles. The van der Waals surface area contributed by atoms with Crippen LogP contribution in [0.2, 0.25) is 0 Å². The fourth-order valence-corrected chi connectivity index (χ4v) is 1.94. The lowest BCUT2D eigenvalue weighted by Gasteiger charge is -2.16. The molecule has 1 unspecified atom stereocenters. The van der Waals surface area contributed by atoms with Gasteiger partial charge in [0.25, 0.3) is 0 Å². The predicted molar refractivity (Wildman–Crippen MR) is 78.2 cm³/mol. The van der Waals surface area contributed by atoms with Crippen molar-refractivity contribution in [2.75, 3.05) is 12.4 Å². The van der Waals surface area contributed by atoms with E-state index in [1.54, 1.807) is 31.4 Å². The third kappa shape index (κ3) is 3.75. The van der Waals surface area contributed by atoms with Gasteiger partial charge in [0.2, 0.25) is 0 Å². The van der Waals surface area contributed by atoms with Gasteiger partial charge in [-0.15, -0.1) is 0 Å². The quantitative estimate of drug-likeness (QED) is 0.848. The lowest BCUT2D eigenvalue weighted by Crippen LogP contribution is -2.31. The van der Waals surface area contributed by atoms with Crippen LogP contribution in [0, 0.1) is 0 Å². The Morgan fingerprint density at radius 2 is 1.80 bits per heavy atom. The monoisotopic (exact) mass is 271 g/mol. The number of carbonyl (C=O) groups is 1. The molecule has 4 nitrogen and oxygen atoms in total. The van der Waals surface area contributed by atoms with Crippen LogP contribution in [0.4, 0.5) is 5.69 Å². The summed E-state index contributed by atoms with van der Waals surface area (Å²) in [5, 5.41) is 12.3. The van der Waals surface area contributed by atoms with Crippen molar-refractivity contribution >= 4 is 11.7 Å². The van der Waals surface area contributed by atoms with Crippen molar-refractivity contribution in [3.63, 3.8) is 0 Å². The second-order valence-electron chi connectivity index (χ2n) is 4.45. The highest BCUT2D eigenvalue weighted by molar-refractivity contribution is 5.77. The molecule has 2 N–H and O–H groups in total. The first-order valence-electron chi connectivity index (χ1n) is 6.36. The molecule has 2 aromatic rings. The van der Waals surface area contributed by atoms with Gasteiger partial charge in [-0.1, -0.05) is 30.3 Å². The maximum absolute atomic E-state index is 11.3. The summed E-state index contributed by atoms with van der Waals surface area (Å²) in [7, 11) is 1.60. The summed E-state index contributed by atoms with van der Waals surface area (Å²) in [6, 6.07) is 16.1. The molecule has 0 radical (unpaired) electrons. The summed E-state index contributed by atoms with van der Waals surface area (Å²) in [4.78, 5) is 11.3. The molecule has 0 heterocycles. The highest BCUT2D eigenvalue weighted by Crippen LogP contribution is 2.17. The van der Waals surface area contributed by atoms with Gasteiger partial charge in [-0.05, 0) is 29.8 Å². The zero-order valence-electron chi connectivity index (χ0n) is 11.2. The fraction of sp³-hybridized carbons (Fsp3) is 0.188. The summed E-state index contributed by atoms with van der Waals surface area (Å²) >= 11 is 0. The van der Waals surface area contributed by atoms with E-state index in [0.29, 0.717) is 6.42 Å². The number of hydrogen-bond donors (Lipinski definition) is 2. The Morgan fingerprint density at radius 3 is 2.35 bits per heavy atom. The summed E-state index contributed by atoms with van der Waals surface area (Å²) in [5.74, 6) is -0.129. The molecular weight excluding hydrogens is 254 g/mol. The molecule has 0 aliphatic rings. The number of rotatable bonds is 6.